The molecule has 1 heterocycles. The summed E-state index contributed by atoms with van der Waals surface area (Å²) in [5, 5.41) is 0.306. The Morgan fingerprint density at radius 3 is 2.00 bits per heavy atom. The summed E-state index contributed by atoms with van der Waals surface area (Å²) in [7, 11) is 0. The van der Waals surface area contributed by atoms with Crippen LogP contribution in [0, 0.1) is 0 Å². The minimum absolute atomic E-state index is 0.0917. The number of nitrogens with zero attached hydrogens (tertiary/aromatic N) is 2. The Labute approximate surface area is 202 Å². The minimum Gasteiger partial charge on any atom is -0.362 e. The number of hydrogen-bond donors (Lipinski definition) is 0. The molecular formula is C26H28ClF5N2. The van der Waals surface area contributed by atoms with Gasteiger partial charge in [-0.25, -0.2) is 22.0 Å². The predicted molar refractivity (Wildman–Crippen MR) is 126 cm³/mol. The van der Waals surface area contributed by atoms with Gasteiger partial charge in [0.05, 0.1) is 11.7 Å². The molecule has 0 saturated carbocycles. The summed E-state index contributed by atoms with van der Waals surface area (Å²) in [6, 6.07) is 8.02. The van der Waals surface area contributed by atoms with Gasteiger partial charge in [0.1, 0.15) is 5.67 Å². The van der Waals surface area contributed by atoms with Crippen molar-refractivity contribution < 1.29 is 22.0 Å². The van der Waals surface area contributed by atoms with Gasteiger partial charge in [0.25, 0.3) is 11.8 Å². The molecular weight excluding hydrogens is 471 g/mol. The van der Waals surface area contributed by atoms with Crippen molar-refractivity contribution in [1.29, 1.82) is 0 Å². The minimum atomic E-state index is -3.16. The molecule has 3 rings (SSSR count). The van der Waals surface area contributed by atoms with Gasteiger partial charge >= 0.3 is 0 Å². The second-order valence-corrected chi connectivity index (χ2v) is 9.85. The molecule has 2 nitrogen and oxygen atoms in total. The molecule has 1 aliphatic heterocycles. The summed E-state index contributed by atoms with van der Waals surface area (Å²) < 4.78 is 71.0. The van der Waals surface area contributed by atoms with E-state index in [-0.39, 0.29) is 35.8 Å². The van der Waals surface area contributed by atoms with Gasteiger partial charge in [-0.2, -0.15) is 0 Å². The number of rotatable bonds is 8. The SMILES string of the molecule is C[C@H]1C=C(N(Cc2cc(C(C)(C)F)cc(C(C)(F)F)c2)Cc2cc(C(C)(F)F)ccc2Cl)C=N1. The van der Waals surface area contributed by atoms with Crippen LogP contribution in [-0.2, 0) is 30.6 Å². The lowest BCUT2D eigenvalue weighted by Crippen LogP contribution is -2.24. The molecule has 34 heavy (non-hydrogen) atoms. The van der Waals surface area contributed by atoms with Crippen LogP contribution >= 0.6 is 11.6 Å². The third kappa shape index (κ3) is 6.38. The number of benzene rings is 2. The molecule has 0 spiro atoms. The summed E-state index contributed by atoms with van der Waals surface area (Å²) in [6.45, 7) is 6.34. The maximum absolute atomic E-state index is 14.7. The molecule has 0 aliphatic carbocycles. The number of hydrogen-bond acceptors (Lipinski definition) is 2. The standard InChI is InChI=1S/C26H28ClF5N2/c1-16-8-22(13-33-16)34(15-18-11-19(25(4,29)30)6-7-23(18)27)14-17-9-20(24(2,3)28)12-21(10-17)26(5,31)32/h6-13,16H,14-15H2,1-5H3/t16-/m0/s1. The average Bonchev–Trinajstić information content (AvgIpc) is 3.13. The normalized spacial score (nSPS) is 16.7. The van der Waals surface area contributed by atoms with Crippen molar-refractivity contribution >= 4 is 17.8 Å². The molecule has 0 unspecified atom stereocenters. The lowest BCUT2D eigenvalue weighted by atomic mass is 9.93. The number of allylic oxidation sites excluding steroid dienone is 1. The highest BCUT2D eigenvalue weighted by molar-refractivity contribution is 6.31. The zero-order chi connectivity index (χ0) is 25.5. The fourth-order valence-electron chi connectivity index (χ4n) is 3.73. The van der Waals surface area contributed by atoms with Crippen LogP contribution in [-0.4, -0.2) is 17.2 Å². The molecule has 0 aromatic heterocycles. The van der Waals surface area contributed by atoms with Gasteiger partial charge in [-0.3, -0.25) is 4.99 Å². The second kappa shape index (κ2) is 9.33. The van der Waals surface area contributed by atoms with E-state index in [4.69, 9.17) is 11.6 Å². The molecule has 8 heteroatoms. The van der Waals surface area contributed by atoms with Crippen molar-refractivity contribution in [3.63, 3.8) is 0 Å². The fraction of sp³-hybridized carbons (Fsp3) is 0.423. The highest BCUT2D eigenvalue weighted by Crippen LogP contribution is 2.35. The maximum Gasteiger partial charge on any atom is 0.270 e. The zero-order valence-corrected chi connectivity index (χ0v) is 20.5. The largest absolute Gasteiger partial charge is 0.362 e. The number of aliphatic imine (C=N–C) groups is 1. The lowest BCUT2D eigenvalue weighted by Gasteiger charge is -2.27. The Morgan fingerprint density at radius 2 is 1.47 bits per heavy atom. The van der Waals surface area contributed by atoms with Gasteiger partial charge in [0.2, 0.25) is 0 Å². The van der Waals surface area contributed by atoms with E-state index < -0.39 is 17.5 Å². The Balaban J connectivity index is 2.04. The Morgan fingerprint density at radius 1 is 0.853 bits per heavy atom. The first-order valence-corrected chi connectivity index (χ1v) is 11.3. The van der Waals surface area contributed by atoms with Crippen LogP contribution < -0.4 is 0 Å². The van der Waals surface area contributed by atoms with Gasteiger partial charge in [-0.1, -0.05) is 23.7 Å². The first-order chi connectivity index (χ1) is 15.5. The van der Waals surface area contributed by atoms with E-state index in [1.54, 1.807) is 12.3 Å². The van der Waals surface area contributed by atoms with Crippen LogP contribution in [0.2, 0.25) is 5.02 Å². The van der Waals surface area contributed by atoms with Crippen molar-refractivity contribution in [2.75, 3.05) is 0 Å². The van der Waals surface area contributed by atoms with Crippen LogP contribution in [0.15, 0.2) is 53.2 Å². The van der Waals surface area contributed by atoms with Crippen LogP contribution in [0.3, 0.4) is 0 Å². The smallest absolute Gasteiger partial charge is 0.270 e. The monoisotopic (exact) mass is 498 g/mol. The third-order valence-electron chi connectivity index (χ3n) is 5.69. The summed E-state index contributed by atoms with van der Waals surface area (Å²) in [5.41, 5.74) is -0.545. The topological polar surface area (TPSA) is 15.6 Å². The molecule has 0 amide bonds. The average molecular weight is 499 g/mol. The quantitative estimate of drug-likeness (QED) is 0.335. The van der Waals surface area contributed by atoms with E-state index >= 15 is 0 Å². The van der Waals surface area contributed by atoms with Crippen molar-refractivity contribution in [1.82, 2.24) is 4.90 Å². The molecule has 0 bridgehead atoms. The van der Waals surface area contributed by atoms with E-state index in [0.717, 1.165) is 13.8 Å². The van der Waals surface area contributed by atoms with E-state index in [9.17, 15) is 22.0 Å². The molecule has 0 N–H and O–H groups in total. The predicted octanol–water partition coefficient (Wildman–Crippen LogP) is 8.13. The van der Waals surface area contributed by atoms with E-state index in [0.29, 0.717) is 21.8 Å². The first-order valence-electron chi connectivity index (χ1n) is 10.9. The summed E-state index contributed by atoms with van der Waals surface area (Å²) in [6.07, 6.45) is 3.53. The van der Waals surface area contributed by atoms with Crippen molar-refractivity contribution in [2.45, 2.75) is 71.3 Å². The summed E-state index contributed by atoms with van der Waals surface area (Å²) >= 11 is 6.33. The van der Waals surface area contributed by atoms with Crippen molar-refractivity contribution in [3.05, 3.63) is 81.0 Å². The Kier molecular flexibility index (Phi) is 7.19. The van der Waals surface area contributed by atoms with E-state index in [1.807, 2.05) is 17.9 Å². The van der Waals surface area contributed by atoms with Crippen molar-refractivity contribution in [2.24, 2.45) is 4.99 Å². The molecule has 1 aliphatic rings. The second-order valence-electron chi connectivity index (χ2n) is 9.44. The fourth-order valence-corrected chi connectivity index (χ4v) is 3.90. The Hall–Kier alpha value is -2.41. The van der Waals surface area contributed by atoms with Crippen LogP contribution in [0.4, 0.5) is 22.0 Å². The van der Waals surface area contributed by atoms with E-state index in [1.165, 1.54) is 44.2 Å². The van der Waals surface area contributed by atoms with Crippen molar-refractivity contribution in [3.8, 4) is 0 Å². The maximum atomic E-state index is 14.7. The Bertz CT molecular complexity index is 1080. The molecule has 1 atom stereocenters. The lowest BCUT2D eigenvalue weighted by molar-refractivity contribution is 0.0166. The van der Waals surface area contributed by atoms with E-state index in [2.05, 4.69) is 4.99 Å². The van der Waals surface area contributed by atoms with Crippen LogP contribution in [0.25, 0.3) is 0 Å². The van der Waals surface area contributed by atoms with Gasteiger partial charge in [0.15, 0.2) is 0 Å². The third-order valence-corrected chi connectivity index (χ3v) is 6.06. The number of halogens is 6. The summed E-state index contributed by atoms with van der Waals surface area (Å²) in [5.74, 6) is -6.21. The van der Waals surface area contributed by atoms with Gasteiger partial charge in [0, 0.05) is 49.3 Å². The van der Waals surface area contributed by atoms with Gasteiger partial charge in [-0.05, 0) is 67.8 Å². The molecule has 2 aromatic carbocycles. The summed E-state index contributed by atoms with van der Waals surface area (Å²) in [4.78, 5) is 6.14. The van der Waals surface area contributed by atoms with Gasteiger partial charge < -0.3 is 4.90 Å². The zero-order valence-electron chi connectivity index (χ0n) is 19.8. The molecule has 0 saturated heterocycles. The molecule has 0 fully saturated rings. The number of alkyl halides is 5. The molecule has 0 radical (unpaired) electrons. The van der Waals surface area contributed by atoms with Gasteiger partial charge in [-0.15, -0.1) is 0 Å². The van der Waals surface area contributed by atoms with Crippen LogP contribution in [0.1, 0.15) is 62.4 Å². The highest BCUT2D eigenvalue weighted by atomic mass is 35.5. The first kappa shape index (κ1) is 26.2. The molecule has 2 aromatic rings. The molecule has 184 valence electrons. The highest BCUT2D eigenvalue weighted by Gasteiger charge is 2.30. The van der Waals surface area contributed by atoms with Crippen LogP contribution in [0.5, 0.6) is 0 Å².